The molecule has 60 heavy (non-hydrogen) atoms. The quantitative estimate of drug-likeness (QED) is 0.0347. The first-order chi connectivity index (χ1) is 29.6. The molecule has 1 unspecified atom stereocenters. The highest BCUT2D eigenvalue weighted by molar-refractivity contribution is 5.70. The van der Waals surface area contributed by atoms with Gasteiger partial charge in [0.25, 0.3) is 0 Å². The number of rotatable bonds is 46. The normalized spacial score (nSPS) is 12.8. The van der Waals surface area contributed by atoms with Crippen LogP contribution in [0, 0.1) is 0 Å². The lowest BCUT2D eigenvalue weighted by Gasteiger charge is -2.18. The average Bonchev–Trinajstić information content (AvgIpc) is 3.25. The Morgan fingerprint density at radius 2 is 0.767 bits per heavy atom. The Morgan fingerprint density at radius 1 is 0.383 bits per heavy atom. The first kappa shape index (κ1) is 57.3. The summed E-state index contributed by atoms with van der Waals surface area (Å²) in [5.41, 5.74) is 0. The van der Waals surface area contributed by atoms with Gasteiger partial charge in [-0.15, -0.1) is 0 Å². The zero-order chi connectivity index (χ0) is 43.5. The van der Waals surface area contributed by atoms with Crippen molar-refractivity contribution in [1.29, 1.82) is 0 Å². The summed E-state index contributed by atoms with van der Waals surface area (Å²) in [5, 5.41) is 0. The molecule has 0 aliphatic carbocycles. The molecule has 0 spiro atoms. The van der Waals surface area contributed by atoms with Crippen molar-refractivity contribution in [1.82, 2.24) is 0 Å². The summed E-state index contributed by atoms with van der Waals surface area (Å²) in [6, 6.07) is 0. The molecule has 0 aliphatic heterocycles. The van der Waals surface area contributed by atoms with Crippen LogP contribution in [0.2, 0.25) is 0 Å². The predicted molar refractivity (Wildman–Crippen MR) is 260 cm³/mol. The number of allylic oxidation sites excluding steroid dienone is 12. The van der Waals surface area contributed by atoms with E-state index >= 15 is 0 Å². The molecule has 5 nitrogen and oxygen atoms in total. The van der Waals surface area contributed by atoms with Gasteiger partial charge >= 0.3 is 11.9 Å². The van der Waals surface area contributed by atoms with Crippen LogP contribution >= 0.6 is 0 Å². The van der Waals surface area contributed by atoms with Gasteiger partial charge in [0.05, 0.1) is 6.61 Å². The minimum Gasteiger partial charge on any atom is -0.462 e. The molecular weight excluding hydrogens is 741 g/mol. The number of ether oxygens (including phenoxy) is 3. The van der Waals surface area contributed by atoms with E-state index in [4.69, 9.17) is 14.2 Å². The molecule has 0 aliphatic rings. The van der Waals surface area contributed by atoms with Gasteiger partial charge in [0.2, 0.25) is 0 Å². The Labute approximate surface area is 372 Å². The van der Waals surface area contributed by atoms with Crippen molar-refractivity contribution < 1.29 is 23.8 Å². The van der Waals surface area contributed by atoms with Crippen LogP contribution < -0.4 is 0 Å². The van der Waals surface area contributed by atoms with Crippen LogP contribution in [0.3, 0.4) is 0 Å². The molecule has 0 aromatic heterocycles. The van der Waals surface area contributed by atoms with Gasteiger partial charge < -0.3 is 14.2 Å². The monoisotopic (exact) mass is 837 g/mol. The molecule has 0 rings (SSSR count). The molecule has 0 amide bonds. The van der Waals surface area contributed by atoms with Crippen molar-refractivity contribution in [3.63, 3.8) is 0 Å². The van der Waals surface area contributed by atoms with Crippen molar-refractivity contribution in [3.05, 3.63) is 72.9 Å². The van der Waals surface area contributed by atoms with Gasteiger partial charge in [0.1, 0.15) is 6.61 Å². The van der Waals surface area contributed by atoms with Gasteiger partial charge in [0.15, 0.2) is 6.10 Å². The van der Waals surface area contributed by atoms with Crippen LogP contribution in [0.1, 0.15) is 239 Å². The second kappa shape index (κ2) is 50.7. The lowest BCUT2D eigenvalue weighted by Crippen LogP contribution is -2.30. The van der Waals surface area contributed by atoms with E-state index in [1.807, 2.05) is 0 Å². The minimum absolute atomic E-state index is 0.0656. The van der Waals surface area contributed by atoms with Crippen molar-refractivity contribution in [2.24, 2.45) is 0 Å². The molecule has 0 saturated carbocycles. The van der Waals surface area contributed by atoms with E-state index in [2.05, 4.69) is 93.7 Å². The van der Waals surface area contributed by atoms with Crippen LogP contribution in [-0.2, 0) is 23.8 Å². The van der Waals surface area contributed by atoms with Crippen LogP contribution in [0.4, 0.5) is 0 Å². The molecule has 0 aromatic rings. The Balaban J connectivity index is 4.30. The predicted octanol–water partition coefficient (Wildman–Crippen LogP) is 17.1. The Hall–Kier alpha value is -2.66. The first-order valence-corrected chi connectivity index (χ1v) is 25.5. The zero-order valence-corrected chi connectivity index (χ0v) is 39.7. The number of unbranched alkanes of at least 4 members (excludes halogenated alkanes) is 23. The van der Waals surface area contributed by atoms with E-state index in [9.17, 15) is 9.59 Å². The third kappa shape index (κ3) is 48.0. The number of esters is 2. The summed E-state index contributed by atoms with van der Waals surface area (Å²) >= 11 is 0. The largest absolute Gasteiger partial charge is 0.462 e. The lowest BCUT2D eigenvalue weighted by molar-refractivity contribution is -0.163. The fourth-order valence-electron chi connectivity index (χ4n) is 6.93. The molecule has 0 fully saturated rings. The summed E-state index contributed by atoms with van der Waals surface area (Å²) in [5.74, 6) is -0.433. The van der Waals surface area contributed by atoms with Crippen LogP contribution in [0.15, 0.2) is 72.9 Å². The van der Waals surface area contributed by atoms with Gasteiger partial charge in [-0.3, -0.25) is 9.59 Å². The van der Waals surface area contributed by atoms with E-state index in [0.29, 0.717) is 19.4 Å². The maximum Gasteiger partial charge on any atom is 0.306 e. The second-order valence-corrected chi connectivity index (χ2v) is 16.7. The molecule has 0 N–H and O–H groups in total. The van der Waals surface area contributed by atoms with Crippen LogP contribution in [0.5, 0.6) is 0 Å². The van der Waals surface area contributed by atoms with E-state index in [0.717, 1.165) is 83.5 Å². The molecule has 5 heteroatoms. The third-order valence-corrected chi connectivity index (χ3v) is 10.7. The van der Waals surface area contributed by atoms with Crippen LogP contribution in [-0.4, -0.2) is 37.9 Å². The first-order valence-electron chi connectivity index (χ1n) is 25.5. The standard InChI is InChI=1S/C55H96O5/c1-4-7-10-13-16-19-22-25-26-27-28-29-30-32-33-36-39-42-45-48-54(56)59-52-53(51-58-50-47-44-41-38-35-24-21-18-15-12-9-6-3)60-55(57)49-46-43-40-37-34-31-23-20-17-14-11-8-5-2/h7,10,15-16,18-19,25-26,28-29,32-33,53H,4-6,8-9,11-14,17,20-24,27,30-31,34-52H2,1-3H3/b10-7-,18-15-,19-16-,26-25-,29-28-,33-32-. The van der Waals surface area contributed by atoms with Crippen molar-refractivity contribution in [3.8, 4) is 0 Å². The molecule has 346 valence electrons. The molecule has 0 heterocycles. The Kier molecular flexibility index (Phi) is 48.4. The molecule has 0 radical (unpaired) electrons. The van der Waals surface area contributed by atoms with E-state index in [-0.39, 0.29) is 25.2 Å². The van der Waals surface area contributed by atoms with E-state index in [1.165, 1.54) is 122 Å². The van der Waals surface area contributed by atoms with E-state index in [1.54, 1.807) is 0 Å². The number of carbonyl (C=O) groups excluding carboxylic acids is 2. The summed E-state index contributed by atoms with van der Waals surface area (Å²) in [7, 11) is 0. The summed E-state index contributed by atoms with van der Waals surface area (Å²) < 4.78 is 17.4. The van der Waals surface area contributed by atoms with Crippen molar-refractivity contribution in [2.45, 2.75) is 245 Å². The SMILES string of the molecule is CC/C=C\C/C=C\C/C=C\C/C=C\C/C=C\CCCCCC(=O)OCC(COCCCCCCCC/C=C\CCCC)OC(=O)CCCCCCCCCCCCCCC. The molecule has 0 saturated heterocycles. The van der Waals surface area contributed by atoms with Gasteiger partial charge in [0, 0.05) is 19.4 Å². The molecule has 1 atom stereocenters. The summed E-state index contributed by atoms with van der Waals surface area (Å²) in [4.78, 5) is 25.4. The van der Waals surface area contributed by atoms with Crippen molar-refractivity contribution in [2.75, 3.05) is 19.8 Å². The highest BCUT2D eigenvalue weighted by atomic mass is 16.6. The zero-order valence-electron chi connectivity index (χ0n) is 39.7. The Bertz CT molecular complexity index is 1080. The van der Waals surface area contributed by atoms with Gasteiger partial charge in [-0.25, -0.2) is 0 Å². The second-order valence-electron chi connectivity index (χ2n) is 16.7. The molecule has 0 bridgehead atoms. The van der Waals surface area contributed by atoms with Gasteiger partial charge in [-0.2, -0.15) is 0 Å². The lowest BCUT2D eigenvalue weighted by atomic mass is 10.0. The molecular formula is C55H96O5. The fourth-order valence-corrected chi connectivity index (χ4v) is 6.93. The summed E-state index contributed by atoms with van der Waals surface area (Å²) in [6.07, 6.45) is 64.7. The maximum atomic E-state index is 12.8. The molecule has 0 aromatic carbocycles. The number of carbonyl (C=O) groups is 2. The number of hydrogen-bond acceptors (Lipinski definition) is 5. The van der Waals surface area contributed by atoms with Crippen LogP contribution in [0.25, 0.3) is 0 Å². The summed E-state index contributed by atoms with van der Waals surface area (Å²) in [6.45, 7) is 7.65. The van der Waals surface area contributed by atoms with E-state index < -0.39 is 6.10 Å². The third-order valence-electron chi connectivity index (χ3n) is 10.7. The topological polar surface area (TPSA) is 61.8 Å². The maximum absolute atomic E-state index is 12.8. The average molecular weight is 837 g/mol. The number of hydrogen-bond donors (Lipinski definition) is 0. The highest BCUT2D eigenvalue weighted by Crippen LogP contribution is 2.14. The Morgan fingerprint density at radius 3 is 1.28 bits per heavy atom. The van der Waals surface area contributed by atoms with Crippen molar-refractivity contribution >= 4 is 11.9 Å². The fraction of sp³-hybridized carbons (Fsp3) is 0.745. The van der Waals surface area contributed by atoms with Gasteiger partial charge in [-0.05, 0) is 83.5 Å². The minimum atomic E-state index is -0.552. The van der Waals surface area contributed by atoms with Gasteiger partial charge in [-0.1, -0.05) is 216 Å². The smallest absolute Gasteiger partial charge is 0.306 e. The highest BCUT2D eigenvalue weighted by Gasteiger charge is 2.17.